The molecule has 96 valence electrons. The van der Waals surface area contributed by atoms with Crippen LogP contribution in [-0.4, -0.2) is 14.2 Å². The standard InChI is InChI=1S/C14H18N2O2/c1-9-6-12(18-3)10(7-11(9)17-2)13(16)14(8-15)4-5-14/h6-7,13H,4-5,16H2,1-3H3. The molecule has 1 saturated carbocycles. The first-order valence-electron chi connectivity index (χ1n) is 5.97. The van der Waals surface area contributed by atoms with E-state index < -0.39 is 5.41 Å². The molecule has 0 spiro atoms. The van der Waals surface area contributed by atoms with Crippen molar-refractivity contribution in [2.45, 2.75) is 25.8 Å². The average Bonchev–Trinajstić information content (AvgIpc) is 3.18. The Hall–Kier alpha value is -1.73. The monoisotopic (exact) mass is 246 g/mol. The van der Waals surface area contributed by atoms with Crippen LogP contribution < -0.4 is 15.2 Å². The van der Waals surface area contributed by atoms with Crippen LogP contribution >= 0.6 is 0 Å². The van der Waals surface area contributed by atoms with Gasteiger partial charge in [0, 0.05) is 5.56 Å². The summed E-state index contributed by atoms with van der Waals surface area (Å²) in [6.07, 6.45) is 1.70. The topological polar surface area (TPSA) is 68.3 Å². The van der Waals surface area contributed by atoms with Crippen LogP contribution in [0.25, 0.3) is 0 Å². The highest BCUT2D eigenvalue weighted by Crippen LogP contribution is 2.55. The first-order valence-corrected chi connectivity index (χ1v) is 5.97. The Kier molecular flexibility index (Phi) is 3.18. The molecule has 0 radical (unpaired) electrons. The van der Waals surface area contributed by atoms with Gasteiger partial charge in [0.2, 0.25) is 0 Å². The van der Waals surface area contributed by atoms with E-state index in [9.17, 15) is 5.26 Å². The van der Waals surface area contributed by atoms with Crippen molar-refractivity contribution in [3.63, 3.8) is 0 Å². The molecule has 1 aromatic rings. The number of aryl methyl sites for hydroxylation is 1. The Morgan fingerprint density at radius 1 is 1.28 bits per heavy atom. The lowest BCUT2D eigenvalue weighted by Gasteiger charge is -2.21. The van der Waals surface area contributed by atoms with Crippen LogP contribution in [0.5, 0.6) is 11.5 Å². The van der Waals surface area contributed by atoms with E-state index in [1.807, 2.05) is 19.1 Å². The third-order valence-corrected chi connectivity index (χ3v) is 3.69. The molecule has 18 heavy (non-hydrogen) atoms. The number of nitriles is 1. The lowest BCUT2D eigenvalue weighted by atomic mass is 9.90. The second-order valence-electron chi connectivity index (χ2n) is 4.81. The fourth-order valence-electron chi connectivity index (χ4n) is 2.24. The zero-order chi connectivity index (χ0) is 13.3. The van der Waals surface area contributed by atoms with Gasteiger partial charge in [-0.05, 0) is 37.5 Å². The molecular weight excluding hydrogens is 228 g/mol. The maximum Gasteiger partial charge on any atom is 0.124 e. The number of benzene rings is 1. The molecule has 1 aliphatic rings. The second-order valence-corrected chi connectivity index (χ2v) is 4.81. The van der Waals surface area contributed by atoms with Gasteiger partial charge in [-0.25, -0.2) is 0 Å². The van der Waals surface area contributed by atoms with Gasteiger partial charge in [0.15, 0.2) is 0 Å². The predicted molar refractivity (Wildman–Crippen MR) is 68.5 cm³/mol. The summed E-state index contributed by atoms with van der Waals surface area (Å²) in [6, 6.07) is 5.80. The number of rotatable bonds is 4. The minimum Gasteiger partial charge on any atom is -0.496 e. The minimum absolute atomic E-state index is 0.327. The van der Waals surface area contributed by atoms with Crippen molar-refractivity contribution in [2.75, 3.05) is 14.2 Å². The fourth-order valence-corrected chi connectivity index (χ4v) is 2.24. The summed E-state index contributed by atoms with van der Waals surface area (Å²) in [4.78, 5) is 0. The summed E-state index contributed by atoms with van der Waals surface area (Å²) in [7, 11) is 3.24. The van der Waals surface area contributed by atoms with Crippen molar-refractivity contribution in [3.8, 4) is 17.6 Å². The molecule has 1 atom stereocenters. The molecule has 0 amide bonds. The molecule has 1 unspecified atom stereocenters. The minimum atomic E-state index is -0.423. The van der Waals surface area contributed by atoms with Gasteiger partial charge in [-0.15, -0.1) is 0 Å². The molecule has 4 heteroatoms. The van der Waals surface area contributed by atoms with Crippen molar-refractivity contribution in [1.29, 1.82) is 5.26 Å². The molecule has 4 nitrogen and oxygen atoms in total. The van der Waals surface area contributed by atoms with Gasteiger partial charge in [0.25, 0.3) is 0 Å². The van der Waals surface area contributed by atoms with Crippen molar-refractivity contribution in [1.82, 2.24) is 0 Å². The normalized spacial score (nSPS) is 17.7. The van der Waals surface area contributed by atoms with Gasteiger partial charge >= 0.3 is 0 Å². The summed E-state index contributed by atoms with van der Waals surface area (Å²) in [6.45, 7) is 1.95. The molecular formula is C14H18N2O2. The summed E-state index contributed by atoms with van der Waals surface area (Å²) >= 11 is 0. The smallest absolute Gasteiger partial charge is 0.124 e. The highest BCUT2D eigenvalue weighted by Gasteiger charge is 2.50. The zero-order valence-electron chi connectivity index (χ0n) is 11.0. The molecule has 1 fully saturated rings. The van der Waals surface area contributed by atoms with E-state index in [0.717, 1.165) is 35.5 Å². The number of nitrogens with zero attached hydrogens (tertiary/aromatic N) is 1. The largest absolute Gasteiger partial charge is 0.496 e. The summed E-state index contributed by atoms with van der Waals surface area (Å²) in [5.41, 5.74) is 7.65. The quantitative estimate of drug-likeness (QED) is 0.885. The maximum atomic E-state index is 9.23. The van der Waals surface area contributed by atoms with Crippen LogP contribution in [-0.2, 0) is 0 Å². The molecule has 1 aliphatic carbocycles. The SMILES string of the molecule is COc1cc(C(N)C2(C#N)CC2)c(OC)cc1C. The highest BCUT2D eigenvalue weighted by atomic mass is 16.5. The summed E-state index contributed by atoms with van der Waals surface area (Å²) in [5.74, 6) is 1.50. The second kappa shape index (κ2) is 4.51. The molecule has 2 N–H and O–H groups in total. The number of nitrogens with two attached hydrogens (primary N) is 1. The Morgan fingerprint density at radius 3 is 2.33 bits per heavy atom. The fraction of sp³-hybridized carbons (Fsp3) is 0.500. The van der Waals surface area contributed by atoms with E-state index in [4.69, 9.17) is 15.2 Å². The third-order valence-electron chi connectivity index (χ3n) is 3.69. The zero-order valence-corrected chi connectivity index (χ0v) is 11.0. The Balaban J connectivity index is 2.46. The summed E-state index contributed by atoms with van der Waals surface area (Å²) < 4.78 is 10.7. The van der Waals surface area contributed by atoms with Crippen LogP contribution in [0.1, 0.15) is 30.0 Å². The van der Waals surface area contributed by atoms with Gasteiger partial charge in [0.1, 0.15) is 11.5 Å². The molecule has 0 heterocycles. The van der Waals surface area contributed by atoms with Gasteiger partial charge in [-0.1, -0.05) is 0 Å². The third kappa shape index (κ3) is 1.91. The number of hydrogen-bond acceptors (Lipinski definition) is 4. The molecule has 0 aliphatic heterocycles. The predicted octanol–water partition coefficient (Wildman–Crippen LogP) is 2.32. The number of ether oxygens (including phenoxy) is 2. The molecule has 0 bridgehead atoms. The Bertz CT molecular complexity index is 501. The molecule has 0 saturated heterocycles. The van der Waals surface area contributed by atoms with Gasteiger partial charge in [0.05, 0.1) is 31.7 Å². The van der Waals surface area contributed by atoms with Crippen LogP contribution in [0.4, 0.5) is 0 Å². The van der Waals surface area contributed by atoms with Crippen LogP contribution in [0, 0.1) is 23.7 Å². The van der Waals surface area contributed by atoms with E-state index in [0.29, 0.717) is 0 Å². The van der Waals surface area contributed by atoms with E-state index in [2.05, 4.69) is 6.07 Å². The average molecular weight is 246 g/mol. The van der Waals surface area contributed by atoms with Crippen molar-refractivity contribution < 1.29 is 9.47 Å². The Labute approximate surface area is 107 Å². The van der Waals surface area contributed by atoms with Crippen LogP contribution in [0.15, 0.2) is 12.1 Å². The van der Waals surface area contributed by atoms with Gasteiger partial charge in [-0.2, -0.15) is 5.26 Å². The lowest BCUT2D eigenvalue weighted by Crippen LogP contribution is -2.22. The molecule has 0 aromatic heterocycles. The van der Waals surface area contributed by atoms with E-state index in [-0.39, 0.29) is 6.04 Å². The number of hydrogen-bond donors (Lipinski definition) is 1. The molecule has 1 aromatic carbocycles. The van der Waals surface area contributed by atoms with Crippen molar-refractivity contribution in [2.24, 2.45) is 11.1 Å². The number of methoxy groups -OCH3 is 2. The van der Waals surface area contributed by atoms with Crippen molar-refractivity contribution >= 4 is 0 Å². The van der Waals surface area contributed by atoms with E-state index in [1.54, 1.807) is 14.2 Å². The van der Waals surface area contributed by atoms with Gasteiger partial charge < -0.3 is 15.2 Å². The lowest BCUT2D eigenvalue weighted by molar-refractivity contribution is 0.385. The van der Waals surface area contributed by atoms with Crippen molar-refractivity contribution in [3.05, 3.63) is 23.3 Å². The summed E-state index contributed by atoms with van der Waals surface area (Å²) in [5, 5.41) is 9.23. The van der Waals surface area contributed by atoms with E-state index >= 15 is 0 Å². The van der Waals surface area contributed by atoms with Gasteiger partial charge in [-0.3, -0.25) is 0 Å². The molecule has 2 rings (SSSR count). The Morgan fingerprint density at radius 2 is 1.89 bits per heavy atom. The van der Waals surface area contributed by atoms with Crippen LogP contribution in [0.2, 0.25) is 0 Å². The maximum absolute atomic E-state index is 9.23. The highest BCUT2D eigenvalue weighted by molar-refractivity contribution is 5.49. The van der Waals surface area contributed by atoms with Crippen LogP contribution in [0.3, 0.4) is 0 Å². The first-order chi connectivity index (χ1) is 8.57. The first kappa shape index (κ1) is 12.7. The van der Waals surface area contributed by atoms with E-state index in [1.165, 1.54) is 0 Å².